The Labute approximate surface area is 153 Å². The Morgan fingerprint density at radius 3 is 1.65 bits per heavy atom. The highest BCUT2D eigenvalue weighted by molar-refractivity contribution is 5.94. The number of aromatic nitrogens is 2. The summed E-state index contributed by atoms with van der Waals surface area (Å²) in [5, 5.41) is 5.83. The maximum atomic E-state index is 12.6. The zero-order valence-corrected chi connectivity index (χ0v) is 15.0. The number of nitrogens with one attached hydrogen (secondary N) is 2. The van der Waals surface area contributed by atoms with Crippen LogP contribution in [0.4, 0.5) is 11.6 Å². The van der Waals surface area contributed by atoms with Gasteiger partial charge in [-0.25, -0.2) is 4.98 Å². The second kappa shape index (κ2) is 6.32. The summed E-state index contributed by atoms with van der Waals surface area (Å²) in [7, 11) is 0. The Morgan fingerprint density at radius 1 is 0.769 bits per heavy atom. The lowest BCUT2D eigenvalue weighted by Crippen LogP contribution is -2.29. The summed E-state index contributed by atoms with van der Waals surface area (Å²) >= 11 is 0. The summed E-state index contributed by atoms with van der Waals surface area (Å²) in [6.07, 6.45) is 12.4. The van der Waals surface area contributed by atoms with Crippen LogP contribution < -0.4 is 10.6 Å². The van der Waals surface area contributed by atoms with E-state index in [0.717, 1.165) is 24.7 Å². The maximum absolute atomic E-state index is 12.6. The molecule has 2 amide bonds. The lowest BCUT2D eigenvalue weighted by Gasteiger charge is -2.21. The summed E-state index contributed by atoms with van der Waals surface area (Å²) in [5.41, 5.74) is 0. The van der Waals surface area contributed by atoms with Crippen molar-refractivity contribution in [1.82, 2.24) is 9.97 Å². The number of fused-ring (bicyclic) bond motifs is 4. The molecule has 4 fully saturated rings. The molecule has 138 valence electrons. The van der Waals surface area contributed by atoms with E-state index >= 15 is 0 Å². The Bertz CT molecular complexity index is 679. The molecule has 6 heteroatoms. The number of amides is 2. The van der Waals surface area contributed by atoms with E-state index in [-0.39, 0.29) is 23.7 Å². The summed E-state index contributed by atoms with van der Waals surface area (Å²) in [6.45, 7) is 0. The van der Waals surface area contributed by atoms with Gasteiger partial charge in [-0.3, -0.25) is 14.6 Å². The normalized spacial score (nSPS) is 37.1. The van der Waals surface area contributed by atoms with Gasteiger partial charge in [0.25, 0.3) is 0 Å². The van der Waals surface area contributed by atoms with Crippen LogP contribution in [0.5, 0.6) is 0 Å². The molecule has 6 atom stereocenters. The topological polar surface area (TPSA) is 84.0 Å². The van der Waals surface area contributed by atoms with Crippen LogP contribution >= 0.6 is 0 Å². The highest BCUT2D eigenvalue weighted by Gasteiger charge is 2.44. The van der Waals surface area contributed by atoms with Crippen molar-refractivity contribution in [2.45, 2.75) is 51.4 Å². The average Bonchev–Trinajstić information content (AvgIpc) is 3.42. The molecule has 0 saturated heterocycles. The van der Waals surface area contributed by atoms with Gasteiger partial charge >= 0.3 is 0 Å². The Morgan fingerprint density at radius 2 is 1.27 bits per heavy atom. The van der Waals surface area contributed by atoms with E-state index in [0.29, 0.717) is 23.5 Å². The van der Waals surface area contributed by atoms with Gasteiger partial charge in [0.1, 0.15) is 0 Å². The van der Waals surface area contributed by atoms with Crippen LogP contribution in [-0.4, -0.2) is 21.8 Å². The van der Waals surface area contributed by atoms with Gasteiger partial charge in [0, 0.05) is 11.8 Å². The first-order valence-corrected chi connectivity index (χ1v) is 10.1. The van der Waals surface area contributed by atoms with Gasteiger partial charge in [0.2, 0.25) is 11.8 Å². The third kappa shape index (κ3) is 2.89. The van der Waals surface area contributed by atoms with Crippen LogP contribution in [-0.2, 0) is 9.59 Å². The van der Waals surface area contributed by atoms with Gasteiger partial charge < -0.3 is 10.6 Å². The smallest absolute Gasteiger partial charge is 0.228 e. The van der Waals surface area contributed by atoms with Gasteiger partial charge in [-0.1, -0.05) is 12.8 Å². The number of carbonyl (C=O) groups is 2. The fourth-order valence-electron chi connectivity index (χ4n) is 6.06. The first-order valence-electron chi connectivity index (χ1n) is 10.1. The van der Waals surface area contributed by atoms with E-state index in [9.17, 15) is 9.59 Å². The van der Waals surface area contributed by atoms with Gasteiger partial charge in [0.15, 0.2) is 11.6 Å². The number of nitrogens with zero attached hydrogens (tertiary/aromatic N) is 2. The molecule has 1 aromatic heterocycles. The number of hydrogen-bond acceptors (Lipinski definition) is 4. The highest BCUT2D eigenvalue weighted by Crippen LogP contribution is 2.49. The van der Waals surface area contributed by atoms with Crippen molar-refractivity contribution in [2.24, 2.45) is 35.5 Å². The minimum Gasteiger partial charge on any atom is -0.309 e. The van der Waals surface area contributed by atoms with E-state index in [1.807, 2.05) is 0 Å². The number of anilines is 2. The van der Waals surface area contributed by atoms with Crippen LogP contribution in [0.1, 0.15) is 51.4 Å². The van der Waals surface area contributed by atoms with Crippen LogP contribution in [0, 0.1) is 35.5 Å². The van der Waals surface area contributed by atoms with Crippen LogP contribution in [0.15, 0.2) is 12.4 Å². The molecule has 0 aromatic carbocycles. The zero-order valence-electron chi connectivity index (χ0n) is 15.0. The second-order valence-corrected chi connectivity index (χ2v) is 8.83. The van der Waals surface area contributed by atoms with E-state index < -0.39 is 0 Å². The standard InChI is InChI=1S/C20H26N4O2/c25-19(15-7-11-1-3-13(15)5-11)23-17-9-21-10-18(22-17)24-20(26)16-8-12-2-4-14(16)6-12/h9-16H,1-8H2,(H2,22,23,24,25,26). The van der Waals surface area contributed by atoms with Crippen molar-refractivity contribution in [3.8, 4) is 0 Å². The van der Waals surface area contributed by atoms with E-state index in [2.05, 4.69) is 20.6 Å². The molecule has 0 aliphatic heterocycles. The fraction of sp³-hybridized carbons (Fsp3) is 0.700. The number of rotatable bonds is 4. The van der Waals surface area contributed by atoms with Crippen molar-refractivity contribution < 1.29 is 9.59 Å². The molecule has 1 heterocycles. The molecule has 0 spiro atoms. The Balaban J connectivity index is 1.21. The van der Waals surface area contributed by atoms with Crippen molar-refractivity contribution >= 4 is 23.5 Å². The van der Waals surface area contributed by atoms with E-state index in [1.54, 1.807) is 12.4 Å². The lowest BCUT2D eigenvalue weighted by atomic mass is 9.88. The van der Waals surface area contributed by atoms with E-state index in [4.69, 9.17) is 0 Å². The summed E-state index contributed by atoms with van der Waals surface area (Å²) < 4.78 is 0. The molecule has 4 saturated carbocycles. The first-order chi connectivity index (χ1) is 12.7. The molecule has 4 aliphatic rings. The molecule has 6 nitrogen and oxygen atoms in total. The third-order valence-corrected chi connectivity index (χ3v) is 7.29. The molecule has 2 N–H and O–H groups in total. The highest BCUT2D eigenvalue weighted by atomic mass is 16.2. The monoisotopic (exact) mass is 354 g/mol. The SMILES string of the molecule is O=C(Nc1cncc(NC(=O)C2CC3CCC2C3)n1)C1CC2CCC1C2. The quantitative estimate of drug-likeness (QED) is 0.869. The molecular formula is C20H26N4O2. The molecule has 6 unspecified atom stereocenters. The van der Waals surface area contributed by atoms with Crippen molar-refractivity contribution in [2.75, 3.05) is 10.6 Å². The predicted molar refractivity (Wildman–Crippen MR) is 97.2 cm³/mol. The average molecular weight is 354 g/mol. The Hall–Kier alpha value is -1.98. The molecule has 1 aromatic rings. The van der Waals surface area contributed by atoms with Crippen molar-refractivity contribution in [3.05, 3.63) is 12.4 Å². The summed E-state index contributed by atoms with van der Waals surface area (Å²) in [5.74, 6) is 3.74. The number of hydrogen-bond donors (Lipinski definition) is 2. The number of carbonyl (C=O) groups excluding carboxylic acids is 2. The van der Waals surface area contributed by atoms with Gasteiger partial charge in [0.05, 0.1) is 12.4 Å². The zero-order chi connectivity index (χ0) is 17.7. The largest absolute Gasteiger partial charge is 0.309 e. The Kier molecular flexibility index (Phi) is 3.94. The minimum absolute atomic E-state index is 0.0584. The van der Waals surface area contributed by atoms with Gasteiger partial charge in [-0.05, 0) is 62.2 Å². The summed E-state index contributed by atoms with van der Waals surface area (Å²) in [4.78, 5) is 33.7. The minimum atomic E-state index is 0.0584. The van der Waals surface area contributed by atoms with E-state index in [1.165, 1.54) is 38.5 Å². The fourth-order valence-corrected chi connectivity index (χ4v) is 6.06. The first kappa shape index (κ1) is 16.2. The summed E-state index contributed by atoms with van der Waals surface area (Å²) in [6, 6.07) is 0. The molecule has 4 aliphatic carbocycles. The predicted octanol–water partition coefficient (Wildman–Crippen LogP) is 3.23. The van der Waals surface area contributed by atoms with Crippen LogP contribution in [0.2, 0.25) is 0 Å². The second-order valence-electron chi connectivity index (χ2n) is 8.83. The maximum Gasteiger partial charge on any atom is 0.228 e. The van der Waals surface area contributed by atoms with Crippen molar-refractivity contribution in [3.63, 3.8) is 0 Å². The third-order valence-electron chi connectivity index (χ3n) is 7.29. The van der Waals surface area contributed by atoms with Crippen molar-refractivity contribution in [1.29, 1.82) is 0 Å². The molecule has 26 heavy (non-hydrogen) atoms. The molecule has 5 rings (SSSR count). The van der Waals surface area contributed by atoms with Gasteiger partial charge in [-0.15, -0.1) is 0 Å². The van der Waals surface area contributed by atoms with Crippen LogP contribution in [0.25, 0.3) is 0 Å². The van der Waals surface area contributed by atoms with Gasteiger partial charge in [-0.2, -0.15) is 0 Å². The molecule has 0 radical (unpaired) electrons. The molecule has 4 bridgehead atoms. The lowest BCUT2D eigenvalue weighted by molar-refractivity contribution is -0.122. The molecular weight excluding hydrogens is 328 g/mol. The van der Waals surface area contributed by atoms with Crippen LogP contribution in [0.3, 0.4) is 0 Å².